The molecule has 33 heavy (non-hydrogen) atoms. The summed E-state index contributed by atoms with van der Waals surface area (Å²) in [6, 6.07) is 4.97. The van der Waals surface area contributed by atoms with Crippen LogP contribution in [0.5, 0.6) is 0 Å². The van der Waals surface area contributed by atoms with Crippen molar-refractivity contribution in [1.82, 2.24) is 14.7 Å². The van der Waals surface area contributed by atoms with Crippen molar-refractivity contribution < 1.29 is 13.5 Å². The Morgan fingerprint density at radius 2 is 1.82 bits per heavy atom. The molecule has 10 heteroatoms. The lowest BCUT2D eigenvalue weighted by atomic mass is 10.1. The number of benzene rings is 1. The second-order valence-corrected chi connectivity index (χ2v) is 10.8. The molecule has 0 radical (unpaired) electrons. The molecule has 0 saturated carbocycles. The minimum atomic E-state index is -3.62. The third-order valence-corrected chi connectivity index (χ3v) is 7.39. The number of aliphatic hydroxyl groups excluding tert-OH is 1. The van der Waals surface area contributed by atoms with Gasteiger partial charge in [-0.15, -0.1) is 0 Å². The van der Waals surface area contributed by atoms with E-state index in [1.54, 1.807) is 31.3 Å². The van der Waals surface area contributed by atoms with Crippen LogP contribution in [0.2, 0.25) is 0 Å². The minimum Gasteiger partial charge on any atom is -0.394 e. The minimum absolute atomic E-state index is 0.0375. The maximum absolute atomic E-state index is 12.9. The summed E-state index contributed by atoms with van der Waals surface area (Å²) in [5.41, 5.74) is 1.24. The zero-order chi connectivity index (χ0) is 24.3. The Balaban J connectivity index is 2.01. The van der Waals surface area contributed by atoms with Crippen LogP contribution in [0.3, 0.4) is 0 Å². The number of anilines is 3. The Morgan fingerprint density at radius 3 is 2.52 bits per heavy atom. The fraction of sp³-hybridized carbons (Fsp3) is 0.565. The van der Waals surface area contributed by atoms with Crippen LogP contribution in [0.25, 0.3) is 0 Å². The van der Waals surface area contributed by atoms with Gasteiger partial charge in [-0.3, -0.25) is 0 Å². The summed E-state index contributed by atoms with van der Waals surface area (Å²) < 4.78 is 29.1. The molecule has 1 heterocycles. The third-order valence-electron chi connectivity index (χ3n) is 5.21. The molecule has 0 saturated heterocycles. The van der Waals surface area contributed by atoms with E-state index in [-0.39, 0.29) is 17.5 Å². The van der Waals surface area contributed by atoms with Gasteiger partial charge in [0.2, 0.25) is 16.0 Å². The Morgan fingerprint density at radius 1 is 1.12 bits per heavy atom. The van der Waals surface area contributed by atoms with E-state index in [1.165, 1.54) is 25.7 Å². The topological polar surface area (TPSA) is 116 Å². The van der Waals surface area contributed by atoms with E-state index < -0.39 is 10.0 Å². The molecule has 8 nitrogen and oxygen atoms in total. The van der Waals surface area contributed by atoms with Crippen LogP contribution >= 0.6 is 15.9 Å². The summed E-state index contributed by atoms with van der Waals surface area (Å²) in [5, 5.41) is 15.4. The van der Waals surface area contributed by atoms with Gasteiger partial charge in [0.15, 0.2) is 0 Å². The molecule has 0 unspecified atom stereocenters. The number of sulfonamides is 1. The molecule has 0 aliphatic rings. The van der Waals surface area contributed by atoms with E-state index in [0.717, 1.165) is 19.3 Å². The third kappa shape index (κ3) is 9.19. The van der Waals surface area contributed by atoms with Crippen molar-refractivity contribution in [1.29, 1.82) is 0 Å². The highest BCUT2D eigenvalue weighted by Crippen LogP contribution is 2.25. The molecular formula is C23H36BrN5O3S. The lowest BCUT2D eigenvalue weighted by Gasteiger charge is -2.15. The van der Waals surface area contributed by atoms with Crippen molar-refractivity contribution in [2.75, 3.05) is 23.8 Å². The van der Waals surface area contributed by atoms with Gasteiger partial charge in [-0.2, -0.15) is 4.98 Å². The van der Waals surface area contributed by atoms with Crippen LogP contribution in [-0.4, -0.2) is 42.7 Å². The van der Waals surface area contributed by atoms with Gasteiger partial charge in [0, 0.05) is 24.5 Å². The summed E-state index contributed by atoms with van der Waals surface area (Å²) in [6.07, 6.45) is 9.54. The maximum Gasteiger partial charge on any atom is 0.240 e. The number of halogens is 1. The van der Waals surface area contributed by atoms with E-state index in [1.807, 2.05) is 6.92 Å². The standard InChI is InChI=1S/C23H36BrN5O3S/c1-4-5-6-7-8-9-10-13-26-33(31,32)21-14-19(12-11-17(21)2)28-23-25-15-20(24)22(29-23)27-18(3)16-30/h11-12,14-15,18,26,30H,4-10,13,16H2,1-3H3,(H2,25,27,28,29)/t18-/m1/s1. The summed E-state index contributed by atoms with van der Waals surface area (Å²) in [6.45, 7) is 6.20. The predicted octanol–water partition coefficient (Wildman–Crippen LogP) is 5.11. The Bertz CT molecular complexity index is 988. The first kappa shape index (κ1) is 27.5. The van der Waals surface area contributed by atoms with Crippen LogP contribution in [0.15, 0.2) is 33.8 Å². The first-order valence-electron chi connectivity index (χ1n) is 11.5. The predicted molar refractivity (Wildman–Crippen MR) is 138 cm³/mol. The summed E-state index contributed by atoms with van der Waals surface area (Å²) in [5.74, 6) is 0.847. The molecule has 0 aliphatic heterocycles. The van der Waals surface area contributed by atoms with Crippen LogP contribution in [0, 0.1) is 6.92 Å². The highest BCUT2D eigenvalue weighted by Gasteiger charge is 2.17. The number of aliphatic hydroxyl groups is 1. The van der Waals surface area contributed by atoms with Crippen LogP contribution in [0.4, 0.5) is 17.5 Å². The molecule has 2 rings (SSSR count). The smallest absolute Gasteiger partial charge is 0.240 e. The number of nitrogens with zero attached hydrogens (tertiary/aromatic N) is 2. The average molecular weight is 543 g/mol. The molecule has 0 aliphatic carbocycles. The van der Waals surface area contributed by atoms with Crippen LogP contribution in [0.1, 0.15) is 64.4 Å². The SMILES string of the molecule is CCCCCCCCCNS(=O)(=O)c1cc(Nc2ncc(Br)c(N[C@H](C)CO)n2)ccc1C. The van der Waals surface area contributed by atoms with E-state index in [9.17, 15) is 13.5 Å². The van der Waals surface area contributed by atoms with E-state index >= 15 is 0 Å². The molecule has 0 spiro atoms. The van der Waals surface area contributed by atoms with Gasteiger partial charge in [-0.25, -0.2) is 18.1 Å². The fourth-order valence-electron chi connectivity index (χ4n) is 3.27. The van der Waals surface area contributed by atoms with Gasteiger partial charge in [0.25, 0.3) is 0 Å². The molecular weight excluding hydrogens is 506 g/mol. The Labute approximate surface area is 206 Å². The van der Waals surface area contributed by atoms with Gasteiger partial charge in [0.05, 0.1) is 16.0 Å². The molecule has 4 N–H and O–H groups in total. The number of nitrogens with one attached hydrogen (secondary N) is 3. The Hall–Kier alpha value is -1.75. The summed E-state index contributed by atoms with van der Waals surface area (Å²) >= 11 is 3.39. The molecule has 0 fully saturated rings. The summed E-state index contributed by atoms with van der Waals surface area (Å²) in [4.78, 5) is 8.89. The van der Waals surface area contributed by atoms with Crippen LogP contribution in [-0.2, 0) is 10.0 Å². The molecule has 184 valence electrons. The molecule has 0 bridgehead atoms. The Kier molecular flexibility index (Phi) is 11.5. The molecule has 0 amide bonds. The quantitative estimate of drug-likeness (QED) is 0.231. The van der Waals surface area contributed by atoms with Crippen molar-refractivity contribution >= 4 is 43.4 Å². The number of hydrogen-bond donors (Lipinski definition) is 4. The van der Waals surface area contributed by atoms with Gasteiger partial charge in [-0.1, -0.05) is 51.5 Å². The first-order valence-corrected chi connectivity index (χ1v) is 13.8. The van der Waals surface area contributed by atoms with E-state index in [4.69, 9.17) is 0 Å². The first-order chi connectivity index (χ1) is 15.8. The van der Waals surface area contributed by atoms with E-state index in [2.05, 4.69) is 48.2 Å². The lowest BCUT2D eigenvalue weighted by Crippen LogP contribution is -2.25. The molecule has 1 aromatic carbocycles. The van der Waals surface area contributed by atoms with Crippen LogP contribution < -0.4 is 15.4 Å². The van der Waals surface area contributed by atoms with Gasteiger partial charge < -0.3 is 15.7 Å². The number of hydrogen-bond acceptors (Lipinski definition) is 7. The number of unbranched alkanes of at least 4 members (excludes halogenated alkanes) is 6. The monoisotopic (exact) mass is 541 g/mol. The maximum atomic E-state index is 12.9. The summed E-state index contributed by atoms with van der Waals surface area (Å²) in [7, 11) is -3.62. The normalized spacial score (nSPS) is 12.5. The van der Waals surface area contributed by atoms with Gasteiger partial charge in [0.1, 0.15) is 5.82 Å². The highest BCUT2D eigenvalue weighted by atomic mass is 79.9. The number of aromatic nitrogens is 2. The van der Waals surface area contributed by atoms with Gasteiger partial charge in [-0.05, 0) is 53.9 Å². The molecule has 2 aromatic rings. The molecule has 1 aromatic heterocycles. The van der Waals surface area contributed by atoms with Gasteiger partial charge >= 0.3 is 0 Å². The lowest BCUT2D eigenvalue weighted by molar-refractivity contribution is 0.281. The second-order valence-electron chi connectivity index (χ2n) is 8.24. The fourth-order valence-corrected chi connectivity index (χ4v) is 4.92. The zero-order valence-electron chi connectivity index (χ0n) is 19.7. The highest BCUT2D eigenvalue weighted by molar-refractivity contribution is 9.10. The zero-order valence-corrected chi connectivity index (χ0v) is 22.1. The second kappa shape index (κ2) is 13.8. The molecule has 1 atom stereocenters. The van der Waals surface area contributed by atoms with Crippen molar-refractivity contribution in [3.8, 4) is 0 Å². The largest absolute Gasteiger partial charge is 0.394 e. The number of rotatable bonds is 15. The van der Waals surface area contributed by atoms with Crippen molar-refractivity contribution in [2.24, 2.45) is 0 Å². The average Bonchev–Trinajstić information content (AvgIpc) is 2.78. The number of aryl methyl sites for hydroxylation is 1. The van der Waals surface area contributed by atoms with Crippen molar-refractivity contribution in [2.45, 2.75) is 76.7 Å². The van der Waals surface area contributed by atoms with Crippen molar-refractivity contribution in [3.05, 3.63) is 34.4 Å². The van der Waals surface area contributed by atoms with Crippen molar-refractivity contribution in [3.63, 3.8) is 0 Å². The van der Waals surface area contributed by atoms with E-state index in [0.29, 0.717) is 34.0 Å².